The summed E-state index contributed by atoms with van der Waals surface area (Å²) in [5.74, 6) is 0.0317. The number of halogens is 2. The zero-order chi connectivity index (χ0) is 28.9. The fourth-order valence-corrected chi connectivity index (χ4v) is 6.06. The second-order valence-corrected chi connectivity index (χ2v) is 11.6. The second-order valence-electron chi connectivity index (χ2n) is 10.7. The third-order valence-corrected chi connectivity index (χ3v) is 8.24. The molecule has 0 spiro atoms. The summed E-state index contributed by atoms with van der Waals surface area (Å²) in [5, 5.41) is 10.5. The number of aromatic nitrogens is 2. The number of ether oxygens (including phenoxy) is 3. The molecule has 1 aromatic heterocycles. The molecule has 6 rings (SSSR count). The van der Waals surface area contributed by atoms with Gasteiger partial charge in [-0.2, -0.15) is 0 Å². The van der Waals surface area contributed by atoms with Crippen molar-refractivity contribution in [2.45, 2.75) is 37.8 Å². The number of phenolic OH excluding ortho intramolecular Hbond substituents is 1. The van der Waals surface area contributed by atoms with E-state index in [1.165, 1.54) is 11.1 Å². The molecular formula is C33H33Cl2N3O4. The summed E-state index contributed by atoms with van der Waals surface area (Å²) in [5.41, 5.74) is 4.45. The summed E-state index contributed by atoms with van der Waals surface area (Å²) in [6.45, 7) is 4.05. The van der Waals surface area contributed by atoms with E-state index in [1.54, 1.807) is 36.8 Å². The van der Waals surface area contributed by atoms with Gasteiger partial charge in [-0.1, -0.05) is 59.6 Å². The van der Waals surface area contributed by atoms with Crippen LogP contribution in [0.5, 0.6) is 11.5 Å². The third-order valence-electron chi connectivity index (χ3n) is 7.70. The van der Waals surface area contributed by atoms with E-state index in [0.717, 1.165) is 42.9 Å². The van der Waals surface area contributed by atoms with Crippen LogP contribution >= 0.6 is 23.2 Å². The molecular weight excluding hydrogens is 573 g/mol. The number of fused-ring (bicyclic) bond motifs is 1. The molecule has 2 aliphatic rings. The predicted octanol–water partition coefficient (Wildman–Crippen LogP) is 6.70. The highest BCUT2D eigenvalue weighted by atomic mass is 35.5. The molecule has 1 saturated heterocycles. The fourth-order valence-electron chi connectivity index (χ4n) is 5.51. The maximum atomic E-state index is 9.46. The Labute approximate surface area is 255 Å². The van der Waals surface area contributed by atoms with E-state index in [1.807, 2.05) is 35.0 Å². The monoisotopic (exact) mass is 605 g/mol. The molecule has 1 fully saturated rings. The molecule has 0 radical (unpaired) electrons. The van der Waals surface area contributed by atoms with Gasteiger partial charge in [0, 0.05) is 49.0 Å². The van der Waals surface area contributed by atoms with Gasteiger partial charge in [0.2, 0.25) is 5.79 Å². The topological polar surface area (TPSA) is 69.0 Å². The number of rotatable bonds is 9. The number of hydrogen-bond acceptors (Lipinski definition) is 6. The first-order chi connectivity index (χ1) is 20.5. The normalized spacial score (nSPS) is 21.0. The van der Waals surface area contributed by atoms with Gasteiger partial charge >= 0.3 is 0 Å². The molecule has 0 aliphatic carbocycles. The Hall–Kier alpha value is -3.33. The van der Waals surface area contributed by atoms with Gasteiger partial charge in [-0.15, -0.1) is 0 Å². The zero-order valence-electron chi connectivity index (χ0n) is 23.2. The summed E-state index contributed by atoms with van der Waals surface area (Å²) in [7, 11) is 0. The Morgan fingerprint density at radius 3 is 2.76 bits per heavy atom. The van der Waals surface area contributed by atoms with Crippen molar-refractivity contribution in [3.8, 4) is 11.5 Å². The van der Waals surface area contributed by atoms with Crippen LogP contribution in [0.2, 0.25) is 10.0 Å². The van der Waals surface area contributed by atoms with Gasteiger partial charge in [-0.3, -0.25) is 4.90 Å². The number of imidazole rings is 1. The molecule has 7 nitrogen and oxygen atoms in total. The molecule has 2 aliphatic heterocycles. The van der Waals surface area contributed by atoms with Crippen molar-refractivity contribution in [1.82, 2.24) is 14.5 Å². The van der Waals surface area contributed by atoms with Gasteiger partial charge in [0.15, 0.2) is 0 Å². The van der Waals surface area contributed by atoms with Crippen molar-refractivity contribution >= 4 is 29.3 Å². The van der Waals surface area contributed by atoms with Crippen LogP contribution < -0.4 is 4.74 Å². The SMILES string of the molecule is Oc1ccc(/C=C\CN2CCc3cc(OCC4CCOC(Cn5ccnc5)(c5ccc(Cl)cc5Cl)O4)ccc3C2)cc1. The highest BCUT2D eigenvalue weighted by Gasteiger charge is 2.42. The highest BCUT2D eigenvalue weighted by molar-refractivity contribution is 6.35. The lowest BCUT2D eigenvalue weighted by Gasteiger charge is -2.41. The lowest BCUT2D eigenvalue weighted by atomic mass is 9.99. The fraction of sp³-hybridized carbons (Fsp3) is 0.303. The predicted molar refractivity (Wildman–Crippen MR) is 164 cm³/mol. The number of nitrogens with zero attached hydrogens (tertiary/aromatic N) is 3. The van der Waals surface area contributed by atoms with Crippen molar-refractivity contribution in [2.75, 3.05) is 26.3 Å². The number of aromatic hydroxyl groups is 1. The van der Waals surface area contributed by atoms with E-state index in [-0.39, 0.29) is 11.9 Å². The highest BCUT2D eigenvalue weighted by Crippen LogP contribution is 2.40. The van der Waals surface area contributed by atoms with Crippen LogP contribution in [0.15, 0.2) is 85.5 Å². The van der Waals surface area contributed by atoms with Gasteiger partial charge < -0.3 is 23.9 Å². The van der Waals surface area contributed by atoms with Gasteiger partial charge in [-0.25, -0.2) is 4.98 Å². The number of hydrogen-bond donors (Lipinski definition) is 1. The van der Waals surface area contributed by atoms with Gasteiger partial charge in [0.25, 0.3) is 0 Å². The number of phenols is 1. The van der Waals surface area contributed by atoms with E-state index in [0.29, 0.717) is 36.2 Å². The van der Waals surface area contributed by atoms with Crippen molar-refractivity contribution < 1.29 is 19.3 Å². The Bertz CT molecular complexity index is 1530. The maximum Gasteiger partial charge on any atom is 0.215 e. The second kappa shape index (κ2) is 12.9. The largest absolute Gasteiger partial charge is 0.508 e. The molecule has 4 aromatic rings. The van der Waals surface area contributed by atoms with Crippen molar-refractivity contribution in [3.63, 3.8) is 0 Å². The third kappa shape index (κ3) is 6.83. The van der Waals surface area contributed by atoms with Crippen LogP contribution in [0.25, 0.3) is 6.08 Å². The van der Waals surface area contributed by atoms with Crippen LogP contribution in [0.4, 0.5) is 0 Å². The van der Waals surface area contributed by atoms with E-state index in [4.69, 9.17) is 37.4 Å². The summed E-state index contributed by atoms with van der Waals surface area (Å²) in [6, 6.07) is 19.0. The molecule has 3 aromatic carbocycles. The molecule has 2 unspecified atom stereocenters. The average Bonchev–Trinajstić information content (AvgIpc) is 3.50. The first-order valence-electron chi connectivity index (χ1n) is 14.1. The van der Waals surface area contributed by atoms with Gasteiger partial charge in [-0.05, 0) is 59.5 Å². The zero-order valence-corrected chi connectivity index (χ0v) is 24.7. The van der Waals surface area contributed by atoms with Gasteiger partial charge in [0.05, 0.1) is 30.6 Å². The Kier molecular flexibility index (Phi) is 8.84. The molecule has 3 heterocycles. The van der Waals surface area contributed by atoms with E-state index < -0.39 is 5.79 Å². The molecule has 9 heteroatoms. The quantitative estimate of drug-likeness (QED) is 0.229. The first-order valence-corrected chi connectivity index (χ1v) is 14.9. The lowest BCUT2D eigenvalue weighted by molar-refractivity contribution is -0.312. The molecule has 218 valence electrons. The van der Waals surface area contributed by atoms with Crippen LogP contribution in [0.1, 0.15) is 28.7 Å². The Morgan fingerprint density at radius 1 is 1.07 bits per heavy atom. The van der Waals surface area contributed by atoms with Crippen LogP contribution in [-0.4, -0.2) is 52.0 Å². The van der Waals surface area contributed by atoms with E-state index in [9.17, 15) is 5.11 Å². The molecule has 0 saturated carbocycles. The van der Waals surface area contributed by atoms with Crippen molar-refractivity contribution in [1.29, 1.82) is 0 Å². The standard InChI is InChI=1S/C33H33Cl2N3O4/c34-27-6-10-31(32(35)19-27)33(22-38-16-13-36-23-38)41-17-12-30(42-33)21-40-29-9-5-26-20-37(15-11-25(26)18-29)14-1-2-24-3-7-28(39)8-4-24/h1-10,13,16,18-19,23,30,39H,11-12,14-15,17,20-22H2/b2-1-. The van der Waals surface area contributed by atoms with Gasteiger partial charge in [0.1, 0.15) is 18.1 Å². The summed E-state index contributed by atoms with van der Waals surface area (Å²) in [4.78, 5) is 6.60. The smallest absolute Gasteiger partial charge is 0.215 e. The molecule has 42 heavy (non-hydrogen) atoms. The number of benzene rings is 3. The average molecular weight is 607 g/mol. The van der Waals surface area contributed by atoms with Crippen LogP contribution in [0, 0.1) is 0 Å². The minimum absolute atomic E-state index is 0.194. The molecule has 1 N–H and O–H groups in total. The van der Waals surface area contributed by atoms with E-state index in [2.05, 4.69) is 34.2 Å². The van der Waals surface area contributed by atoms with Crippen LogP contribution in [-0.2, 0) is 34.8 Å². The van der Waals surface area contributed by atoms with Crippen molar-refractivity contribution in [2.24, 2.45) is 0 Å². The summed E-state index contributed by atoms with van der Waals surface area (Å²) in [6.07, 6.45) is 11.1. The minimum atomic E-state index is -1.09. The molecule has 0 amide bonds. The summed E-state index contributed by atoms with van der Waals surface area (Å²) >= 11 is 12.8. The molecule has 2 atom stereocenters. The van der Waals surface area contributed by atoms with Crippen molar-refractivity contribution in [3.05, 3.63) is 118 Å². The Morgan fingerprint density at radius 2 is 1.95 bits per heavy atom. The first kappa shape index (κ1) is 28.8. The molecule has 0 bridgehead atoms. The minimum Gasteiger partial charge on any atom is -0.508 e. The maximum absolute atomic E-state index is 9.46. The lowest BCUT2D eigenvalue weighted by Crippen LogP contribution is -2.47. The Balaban J connectivity index is 1.08. The summed E-state index contributed by atoms with van der Waals surface area (Å²) < 4.78 is 21.1. The van der Waals surface area contributed by atoms with E-state index >= 15 is 0 Å². The van der Waals surface area contributed by atoms with Crippen LogP contribution in [0.3, 0.4) is 0 Å².